The Balaban J connectivity index is 1.26. The average Bonchev–Trinajstić information content (AvgIpc) is 2.75. The molecule has 2 nitrogen and oxygen atoms in total. The molecule has 1 saturated heterocycles. The minimum Gasteiger partial charge on any atom is -0.494 e. The number of hydrogen-bond acceptors (Lipinski definition) is 2. The number of nitrogens with one attached hydrogen (secondary N) is 1. The molecule has 0 radical (unpaired) electrons. The monoisotopic (exact) mass is 397 g/mol. The van der Waals surface area contributed by atoms with E-state index in [9.17, 15) is 0 Å². The van der Waals surface area contributed by atoms with Gasteiger partial charge in [-0.15, -0.1) is 0 Å². The van der Waals surface area contributed by atoms with Gasteiger partial charge in [-0.2, -0.15) is 0 Å². The SMILES string of the molecule is CCCCCCCCCCCOc1ccc2c(c1)[C@@]13CCCC[C@H]1[C@@H](C2)NCC3. The lowest BCUT2D eigenvalue weighted by molar-refractivity contribution is 0.0794. The highest BCUT2D eigenvalue weighted by Gasteiger charge is 2.51. The van der Waals surface area contributed by atoms with E-state index in [-0.39, 0.29) is 0 Å². The van der Waals surface area contributed by atoms with Crippen molar-refractivity contribution >= 4 is 0 Å². The first-order valence-corrected chi connectivity index (χ1v) is 12.8. The lowest BCUT2D eigenvalue weighted by atomic mass is 9.53. The minimum atomic E-state index is 0.443. The van der Waals surface area contributed by atoms with E-state index in [4.69, 9.17) is 4.74 Å². The molecule has 1 heterocycles. The van der Waals surface area contributed by atoms with E-state index in [0.717, 1.165) is 18.3 Å². The molecule has 162 valence electrons. The molecular formula is C27H43NO. The molecule has 1 aliphatic heterocycles. The summed E-state index contributed by atoms with van der Waals surface area (Å²) in [6.45, 7) is 4.37. The second-order valence-corrected chi connectivity index (χ2v) is 10.0. The maximum atomic E-state index is 6.23. The number of unbranched alkanes of at least 4 members (excludes halogenated alkanes) is 8. The zero-order chi connectivity index (χ0) is 19.9. The second-order valence-electron chi connectivity index (χ2n) is 10.0. The van der Waals surface area contributed by atoms with Gasteiger partial charge in [0.05, 0.1) is 6.61 Å². The predicted molar refractivity (Wildman–Crippen MR) is 123 cm³/mol. The van der Waals surface area contributed by atoms with Gasteiger partial charge in [0, 0.05) is 11.5 Å². The largest absolute Gasteiger partial charge is 0.494 e. The van der Waals surface area contributed by atoms with E-state index in [1.165, 1.54) is 103 Å². The predicted octanol–water partition coefficient (Wildman–Crippen LogP) is 6.94. The van der Waals surface area contributed by atoms with E-state index in [0.29, 0.717) is 11.5 Å². The third-order valence-corrected chi connectivity index (χ3v) is 8.14. The fourth-order valence-corrected chi connectivity index (χ4v) is 6.60. The van der Waals surface area contributed by atoms with E-state index in [2.05, 4.69) is 30.4 Å². The van der Waals surface area contributed by atoms with Gasteiger partial charge in [0.25, 0.3) is 0 Å². The fraction of sp³-hybridized carbons (Fsp3) is 0.778. The van der Waals surface area contributed by atoms with Gasteiger partial charge < -0.3 is 10.1 Å². The molecule has 2 aliphatic carbocycles. The van der Waals surface area contributed by atoms with Crippen LogP contribution in [0.3, 0.4) is 0 Å². The van der Waals surface area contributed by atoms with E-state index in [1.54, 1.807) is 11.1 Å². The first-order valence-electron chi connectivity index (χ1n) is 12.8. The highest BCUT2D eigenvalue weighted by atomic mass is 16.5. The Morgan fingerprint density at radius 1 is 0.966 bits per heavy atom. The Morgan fingerprint density at radius 3 is 2.59 bits per heavy atom. The summed E-state index contributed by atoms with van der Waals surface area (Å²) in [5.41, 5.74) is 3.69. The molecular weight excluding hydrogens is 354 g/mol. The first kappa shape index (κ1) is 21.2. The van der Waals surface area contributed by atoms with Crippen LogP contribution >= 0.6 is 0 Å². The van der Waals surface area contributed by atoms with Crippen LogP contribution in [-0.2, 0) is 11.8 Å². The molecule has 0 spiro atoms. The van der Waals surface area contributed by atoms with Crippen molar-refractivity contribution < 1.29 is 4.74 Å². The van der Waals surface area contributed by atoms with Crippen LogP contribution in [0.4, 0.5) is 0 Å². The van der Waals surface area contributed by atoms with Gasteiger partial charge in [-0.05, 0) is 67.8 Å². The molecule has 1 aromatic rings. The van der Waals surface area contributed by atoms with Crippen molar-refractivity contribution in [3.63, 3.8) is 0 Å². The van der Waals surface area contributed by atoms with Gasteiger partial charge in [-0.3, -0.25) is 0 Å². The van der Waals surface area contributed by atoms with Crippen LogP contribution in [0, 0.1) is 5.92 Å². The highest BCUT2D eigenvalue weighted by Crippen LogP contribution is 2.54. The van der Waals surface area contributed by atoms with Crippen molar-refractivity contribution in [3.8, 4) is 5.75 Å². The van der Waals surface area contributed by atoms with Crippen molar-refractivity contribution in [1.82, 2.24) is 5.32 Å². The van der Waals surface area contributed by atoms with Crippen LogP contribution < -0.4 is 10.1 Å². The van der Waals surface area contributed by atoms with Gasteiger partial charge in [0.15, 0.2) is 0 Å². The number of ether oxygens (including phenoxy) is 1. The Bertz CT molecular complexity index is 637. The normalized spacial score (nSPS) is 27.9. The van der Waals surface area contributed by atoms with Crippen LogP contribution in [0.1, 0.15) is 108 Å². The number of rotatable bonds is 11. The zero-order valence-electron chi connectivity index (χ0n) is 18.8. The molecule has 1 aromatic carbocycles. The number of fused-ring (bicyclic) bond motifs is 1. The zero-order valence-corrected chi connectivity index (χ0v) is 18.8. The number of hydrogen-bond donors (Lipinski definition) is 1. The molecule has 2 fully saturated rings. The van der Waals surface area contributed by atoms with Crippen LogP contribution in [-0.4, -0.2) is 19.2 Å². The molecule has 0 aromatic heterocycles. The third kappa shape index (κ3) is 4.84. The van der Waals surface area contributed by atoms with Crippen LogP contribution in [0.25, 0.3) is 0 Å². The summed E-state index contributed by atoms with van der Waals surface area (Å²) in [4.78, 5) is 0. The summed E-state index contributed by atoms with van der Waals surface area (Å²) in [7, 11) is 0. The van der Waals surface area contributed by atoms with Crippen LogP contribution in [0.5, 0.6) is 5.75 Å². The van der Waals surface area contributed by atoms with Crippen molar-refractivity contribution in [2.24, 2.45) is 5.92 Å². The molecule has 1 saturated carbocycles. The quantitative estimate of drug-likeness (QED) is 0.408. The topological polar surface area (TPSA) is 21.3 Å². The Labute approximate surface area is 179 Å². The number of benzene rings is 1. The Morgan fingerprint density at radius 2 is 1.76 bits per heavy atom. The van der Waals surface area contributed by atoms with Crippen LogP contribution in [0.15, 0.2) is 18.2 Å². The molecule has 3 atom stereocenters. The minimum absolute atomic E-state index is 0.443. The molecule has 1 N–H and O–H groups in total. The molecule has 3 aliphatic rings. The third-order valence-electron chi connectivity index (χ3n) is 8.14. The molecule has 2 heteroatoms. The van der Waals surface area contributed by atoms with Crippen molar-refractivity contribution in [2.45, 2.75) is 115 Å². The summed E-state index contributed by atoms with van der Waals surface area (Å²) < 4.78 is 6.23. The summed E-state index contributed by atoms with van der Waals surface area (Å²) in [6, 6.07) is 7.78. The van der Waals surface area contributed by atoms with Gasteiger partial charge >= 0.3 is 0 Å². The molecule has 0 amide bonds. The van der Waals surface area contributed by atoms with E-state index < -0.39 is 0 Å². The Hall–Kier alpha value is -1.02. The lowest BCUT2D eigenvalue weighted by Crippen LogP contribution is -2.59. The van der Waals surface area contributed by atoms with Crippen molar-refractivity contribution in [2.75, 3.05) is 13.2 Å². The van der Waals surface area contributed by atoms with E-state index in [1.807, 2.05) is 0 Å². The van der Waals surface area contributed by atoms with E-state index >= 15 is 0 Å². The molecule has 0 unspecified atom stereocenters. The lowest BCUT2D eigenvalue weighted by Gasteiger charge is -2.56. The maximum absolute atomic E-state index is 6.23. The smallest absolute Gasteiger partial charge is 0.119 e. The molecule has 29 heavy (non-hydrogen) atoms. The van der Waals surface area contributed by atoms with Gasteiger partial charge in [-0.25, -0.2) is 0 Å². The van der Waals surface area contributed by atoms with Gasteiger partial charge in [0.2, 0.25) is 0 Å². The van der Waals surface area contributed by atoms with Crippen molar-refractivity contribution in [1.29, 1.82) is 0 Å². The fourth-order valence-electron chi connectivity index (χ4n) is 6.60. The van der Waals surface area contributed by atoms with Gasteiger partial charge in [0.1, 0.15) is 5.75 Å². The summed E-state index contributed by atoms with van der Waals surface area (Å²) >= 11 is 0. The highest BCUT2D eigenvalue weighted by molar-refractivity contribution is 5.45. The first-order chi connectivity index (χ1) is 14.3. The van der Waals surface area contributed by atoms with Crippen molar-refractivity contribution in [3.05, 3.63) is 29.3 Å². The Kier molecular flexibility index (Phi) is 7.56. The average molecular weight is 398 g/mol. The number of piperidine rings is 1. The standard InChI is InChI=1S/C27H43NO/c1-2-3-4-5-6-7-8-9-12-19-29-23-15-14-22-20-26-24-13-10-11-16-27(24,17-18-28-26)25(22)21-23/h14-15,21,24,26,28H,2-13,16-20H2,1H3/t24-,26+,27+/m0/s1. The summed E-state index contributed by atoms with van der Waals surface area (Å²) in [5.74, 6) is 1.98. The summed E-state index contributed by atoms with van der Waals surface area (Å²) in [5, 5.41) is 3.84. The second kappa shape index (κ2) is 10.3. The molecule has 2 bridgehead atoms. The maximum Gasteiger partial charge on any atom is 0.119 e. The van der Waals surface area contributed by atoms with Crippen LogP contribution in [0.2, 0.25) is 0 Å². The molecule has 4 rings (SSSR count). The summed E-state index contributed by atoms with van der Waals surface area (Å²) in [6.07, 6.45) is 20.5. The van der Waals surface area contributed by atoms with Gasteiger partial charge in [-0.1, -0.05) is 77.2 Å².